The van der Waals surface area contributed by atoms with E-state index in [1.54, 1.807) is 40.1 Å². The van der Waals surface area contributed by atoms with Crippen molar-refractivity contribution in [3.8, 4) is 0 Å². The third-order valence-corrected chi connectivity index (χ3v) is 11.8. The molecule has 3 fully saturated rings. The van der Waals surface area contributed by atoms with Gasteiger partial charge in [0, 0.05) is 16.6 Å². The molecule has 3 aliphatic heterocycles. The highest BCUT2D eigenvalue weighted by molar-refractivity contribution is 9.09. The van der Waals surface area contributed by atoms with Crippen molar-refractivity contribution in [1.82, 2.24) is 4.90 Å². The number of rotatable bonds is 11. The fourth-order valence-corrected chi connectivity index (χ4v) is 10.5. The molecule has 7 atom stereocenters. The molecular weight excluding hydrogens is 628 g/mol. The number of halogens is 2. The SMILES string of the molecule is C=CCOC(=O)[C@H]1[C@H]2C(=O)N([C@@H](CO)Cc3ccccc3)C(C(=O)N(CC=C)c3ccccc3Cl)C23CC(Br)[C@@H]1S3. The van der Waals surface area contributed by atoms with Gasteiger partial charge in [0.1, 0.15) is 12.6 Å². The van der Waals surface area contributed by atoms with Crippen LogP contribution in [-0.2, 0) is 25.5 Å². The van der Waals surface area contributed by atoms with Gasteiger partial charge in [-0.15, -0.1) is 18.3 Å². The first-order valence-corrected chi connectivity index (χ1v) is 15.7. The molecule has 0 aliphatic carbocycles. The molecule has 7 nitrogen and oxygen atoms in total. The molecule has 2 bridgehead atoms. The van der Waals surface area contributed by atoms with Gasteiger partial charge in [-0.25, -0.2) is 0 Å². The van der Waals surface area contributed by atoms with Crippen LogP contribution in [0.1, 0.15) is 12.0 Å². The average Bonchev–Trinajstić information content (AvgIpc) is 3.57. The Hall–Kier alpha value is -2.59. The Labute approximate surface area is 257 Å². The van der Waals surface area contributed by atoms with E-state index in [2.05, 4.69) is 29.1 Å². The highest BCUT2D eigenvalue weighted by atomic mass is 79.9. The number of carbonyl (C=O) groups is 3. The third kappa shape index (κ3) is 5.15. The maximum absolute atomic E-state index is 14.8. The van der Waals surface area contributed by atoms with Crippen LogP contribution in [0.25, 0.3) is 0 Å². The quantitative estimate of drug-likeness (QED) is 0.215. The van der Waals surface area contributed by atoms with Gasteiger partial charge < -0.3 is 19.6 Å². The number of alkyl halides is 1. The number of aliphatic hydroxyl groups excluding tert-OH is 1. The summed E-state index contributed by atoms with van der Waals surface area (Å²) in [4.78, 5) is 45.7. The highest BCUT2D eigenvalue weighted by Crippen LogP contribution is 2.68. The van der Waals surface area contributed by atoms with Gasteiger partial charge in [0.15, 0.2) is 0 Å². The highest BCUT2D eigenvalue weighted by Gasteiger charge is 2.76. The summed E-state index contributed by atoms with van der Waals surface area (Å²) in [5, 5.41) is 10.8. The Morgan fingerprint density at radius 2 is 1.90 bits per heavy atom. The van der Waals surface area contributed by atoms with Crippen LogP contribution < -0.4 is 4.90 Å². The second-order valence-electron chi connectivity index (χ2n) is 10.5. The number of thioether (sulfide) groups is 1. The molecule has 3 aliphatic rings. The molecule has 1 N–H and O–H groups in total. The van der Waals surface area contributed by atoms with Crippen LogP contribution in [0.15, 0.2) is 79.9 Å². The van der Waals surface area contributed by atoms with E-state index < -0.39 is 34.6 Å². The van der Waals surface area contributed by atoms with Crippen LogP contribution in [0.2, 0.25) is 5.02 Å². The second-order valence-corrected chi connectivity index (χ2v) is 13.7. The molecule has 10 heteroatoms. The van der Waals surface area contributed by atoms with Crippen molar-refractivity contribution in [2.24, 2.45) is 11.8 Å². The molecule has 0 radical (unpaired) electrons. The number of anilines is 1. The largest absolute Gasteiger partial charge is 0.461 e. The summed E-state index contributed by atoms with van der Waals surface area (Å²) in [7, 11) is 0. The fraction of sp³-hybridized carbons (Fsp3) is 0.387. The number of hydrogen-bond acceptors (Lipinski definition) is 6. The zero-order valence-electron chi connectivity index (χ0n) is 22.4. The minimum atomic E-state index is -0.954. The third-order valence-electron chi connectivity index (χ3n) is 8.22. The van der Waals surface area contributed by atoms with Crippen molar-refractivity contribution >= 4 is 62.8 Å². The summed E-state index contributed by atoms with van der Waals surface area (Å²) in [6, 6.07) is 15.0. The van der Waals surface area contributed by atoms with Crippen LogP contribution in [0.4, 0.5) is 5.69 Å². The molecule has 0 aromatic heterocycles. The normalized spacial score (nSPS) is 28.7. The molecule has 2 amide bonds. The molecule has 216 valence electrons. The molecule has 1 spiro atoms. The Morgan fingerprint density at radius 1 is 1.20 bits per heavy atom. The molecule has 3 unspecified atom stereocenters. The molecule has 3 heterocycles. The van der Waals surface area contributed by atoms with Crippen LogP contribution in [-0.4, -0.2) is 74.5 Å². The lowest BCUT2D eigenvalue weighted by molar-refractivity contribution is -0.153. The fourth-order valence-electron chi connectivity index (χ4n) is 6.64. The van der Waals surface area contributed by atoms with Crippen LogP contribution >= 0.6 is 39.3 Å². The van der Waals surface area contributed by atoms with E-state index in [0.717, 1.165) is 5.56 Å². The first kappa shape index (κ1) is 29.9. The van der Waals surface area contributed by atoms with Gasteiger partial charge in [-0.1, -0.05) is 88.7 Å². The van der Waals surface area contributed by atoms with Crippen LogP contribution in [0.3, 0.4) is 0 Å². The molecule has 2 aromatic rings. The molecule has 5 rings (SSSR count). The predicted molar refractivity (Wildman–Crippen MR) is 165 cm³/mol. The van der Waals surface area contributed by atoms with E-state index in [1.807, 2.05) is 30.3 Å². The molecular formula is C31H32BrClN2O5S. The number of hydrogen-bond donors (Lipinski definition) is 1. The molecule has 0 saturated carbocycles. The summed E-state index contributed by atoms with van der Waals surface area (Å²) < 4.78 is 4.57. The second kappa shape index (κ2) is 12.3. The number of carbonyl (C=O) groups excluding carboxylic acids is 3. The van der Waals surface area contributed by atoms with Crippen molar-refractivity contribution < 1.29 is 24.2 Å². The Morgan fingerprint density at radius 3 is 2.56 bits per heavy atom. The number of fused-ring (bicyclic) bond motifs is 1. The lowest BCUT2D eigenvalue weighted by Gasteiger charge is -2.40. The maximum atomic E-state index is 14.8. The summed E-state index contributed by atoms with van der Waals surface area (Å²) in [6.45, 7) is 7.34. The van der Waals surface area contributed by atoms with E-state index >= 15 is 0 Å². The van der Waals surface area contributed by atoms with Crippen LogP contribution in [0, 0.1) is 11.8 Å². The maximum Gasteiger partial charge on any atom is 0.311 e. The smallest absolute Gasteiger partial charge is 0.311 e. The first-order chi connectivity index (χ1) is 19.8. The zero-order valence-corrected chi connectivity index (χ0v) is 25.6. The predicted octanol–water partition coefficient (Wildman–Crippen LogP) is 4.66. The number of amides is 2. The topological polar surface area (TPSA) is 87.1 Å². The standard InChI is InChI=1S/C31H32BrClN2O5S/c1-3-14-34(23-13-9-8-12-22(23)33)29(38)27-31-17-21(32)26(41-31)24(30(39)40-15-4-2)25(31)28(37)35(27)20(18-36)16-19-10-6-5-7-11-19/h3-13,20-21,24-27,36H,1-2,14-18H2/t20-,21?,24+,25+,26+,27?,31?/m1/s1. The van der Waals surface area contributed by atoms with E-state index in [1.165, 1.54) is 17.8 Å². The Balaban J connectivity index is 1.63. The van der Waals surface area contributed by atoms with Gasteiger partial charge in [0.25, 0.3) is 5.91 Å². The van der Waals surface area contributed by atoms with E-state index in [4.69, 9.17) is 16.3 Å². The van der Waals surface area contributed by atoms with Crippen molar-refractivity contribution in [1.29, 1.82) is 0 Å². The Bertz CT molecular complexity index is 1340. The summed E-state index contributed by atoms with van der Waals surface area (Å²) in [5.74, 6) is -2.63. The van der Waals surface area contributed by atoms with Gasteiger partial charge in [-0.2, -0.15) is 0 Å². The van der Waals surface area contributed by atoms with Gasteiger partial charge in [0.2, 0.25) is 5.91 Å². The lowest BCUT2D eigenvalue weighted by atomic mass is 9.71. The molecule has 3 saturated heterocycles. The number of ether oxygens (including phenoxy) is 1. The van der Waals surface area contributed by atoms with Gasteiger partial charge in [0.05, 0.1) is 39.9 Å². The minimum absolute atomic E-state index is 0.0343. The lowest BCUT2D eigenvalue weighted by Crippen LogP contribution is -2.58. The number of esters is 1. The minimum Gasteiger partial charge on any atom is -0.461 e. The number of likely N-dealkylation sites (tertiary alicyclic amines) is 1. The first-order valence-electron chi connectivity index (χ1n) is 13.5. The van der Waals surface area contributed by atoms with E-state index in [0.29, 0.717) is 23.6 Å². The Kier molecular flexibility index (Phi) is 8.99. The monoisotopic (exact) mass is 658 g/mol. The van der Waals surface area contributed by atoms with E-state index in [-0.39, 0.29) is 41.6 Å². The van der Waals surface area contributed by atoms with Crippen molar-refractivity contribution in [3.05, 3.63) is 90.5 Å². The summed E-state index contributed by atoms with van der Waals surface area (Å²) >= 11 is 11.8. The van der Waals surface area contributed by atoms with Crippen molar-refractivity contribution in [3.63, 3.8) is 0 Å². The van der Waals surface area contributed by atoms with E-state index in [9.17, 15) is 19.5 Å². The van der Waals surface area contributed by atoms with Gasteiger partial charge in [-0.3, -0.25) is 14.4 Å². The summed E-state index contributed by atoms with van der Waals surface area (Å²) in [6.07, 6.45) is 3.96. The molecule has 2 aromatic carbocycles. The number of benzene rings is 2. The number of aliphatic hydroxyl groups is 1. The van der Waals surface area contributed by atoms with Crippen LogP contribution in [0.5, 0.6) is 0 Å². The zero-order chi connectivity index (χ0) is 29.3. The van der Waals surface area contributed by atoms with Crippen molar-refractivity contribution in [2.45, 2.75) is 39.7 Å². The number of para-hydroxylation sites is 1. The summed E-state index contributed by atoms with van der Waals surface area (Å²) in [5.41, 5.74) is 1.43. The number of nitrogens with zero attached hydrogens (tertiary/aromatic N) is 2. The average molecular weight is 660 g/mol. The van der Waals surface area contributed by atoms with Gasteiger partial charge >= 0.3 is 5.97 Å². The van der Waals surface area contributed by atoms with Crippen molar-refractivity contribution in [2.75, 3.05) is 24.7 Å². The van der Waals surface area contributed by atoms with Gasteiger partial charge in [-0.05, 0) is 30.5 Å². The molecule has 41 heavy (non-hydrogen) atoms.